The molecule has 3 nitrogen and oxygen atoms in total. The van der Waals surface area contributed by atoms with Gasteiger partial charge in [-0.15, -0.1) is 0 Å². The molecule has 0 fully saturated rings. The Bertz CT molecular complexity index is 1050. The van der Waals surface area contributed by atoms with Gasteiger partial charge in [0.25, 0.3) is 0 Å². The fourth-order valence-corrected chi connectivity index (χ4v) is 3.81. The quantitative estimate of drug-likeness (QED) is 0.479. The molecule has 0 saturated heterocycles. The van der Waals surface area contributed by atoms with Gasteiger partial charge in [0, 0.05) is 30.6 Å². The molecule has 1 aromatic heterocycles. The molecule has 3 heteroatoms. The number of aromatic amines is 1. The van der Waals surface area contributed by atoms with Crippen molar-refractivity contribution >= 4 is 16.8 Å². The molecule has 4 aromatic rings. The van der Waals surface area contributed by atoms with Gasteiger partial charge < -0.3 is 9.88 Å². The van der Waals surface area contributed by atoms with Gasteiger partial charge in [0.15, 0.2) is 0 Å². The van der Waals surface area contributed by atoms with Crippen molar-refractivity contribution in [3.8, 4) is 0 Å². The third-order valence-electron chi connectivity index (χ3n) is 5.25. The highest BCUT2D eigenvalue weighted by molar-refractivity contribution is 5.83. The van der Waals surface area contributed by atoms with Crippen LogP contribution in [-0.2, 0) is 17.8 Å². The molecule has 28 heavy (non-hydrogen) atoms. The van der Waals surface area contributed by atoms with Crippen LogP contribution >= 0.6 is 0 Å². The number of nitrogens with one attached hydrogen (secondary N) is 1. The fourth-order valence-electron chi connectivity index (χ4n) is 3.81. The van der Waals surface area contributed by atoms with E-state index in [1.54, 1.807) is 6.92 Å². The molecule has 1 atom stereocenters. The first-order chi connectivity index (χ1) is 13.7. The first-order valence-corrected chi connectivity index (χ1v) is 9.63. The van der Waals surface area contributed by atoms with Crippen molar-refractivity contribution in [3.05, 3.63) is 108 Å². The predicted molar refractivity (Wildman–Crippen MR) is 114 cm³/mol. The van der Waals surface area contributed by atoms with Gasteiger partial charge in [0.05, 0.1) is 6.04 Å². The number of fused-ring (bicyclic) bond motifs is 1. The number of rotatable bonds is 6. The number of hydrogen-bond acceptors (Lipinski definition) is 1. The van der Waals surface area contributed by atoms with Gasteiger partial charge in [-0.3, -0.25) is 4.79 Å². The molecular formula is C25H24N2O. The minimum absolute atomic E-state index is 0.0295. The molecule has 0 aliphatic carbocycles. The van der Waals surface area contributed by atoms with E-state index in [0.29, 0.717) is 6.54 Å². The molecule has 0 spiro atoms. The van der Waals surface area contributed by atoms with Crippen LogP contribution in [0.4, 0.5) is 0 Å². The second-order valence-electron chi connectivity index (χ2n) is 7.12. The van der Waals surface area contributed by atoms with Crippen LogP contribution in [0.3, 0.4) is 0 Å². The lowest BCUT2D eigenvalue weighted by atomic mass is 9.96. The number of benzene rings is 3. The van der Waals surface area contributed by atoms with E-state index in [1.165, 1.54) is 10.9 Å². The van der Waals surface area contributed by atoms with E-state index in [0.717, 1.165) is 23.1 Å². The predicted octanol–water partition coefficient (Wildman–Crippen LogP) is 5.50. The van der Waals surface area contributed by atoms with E-state index in [1.807, 2.05) is 47.4 Å². The average Bonchev–Trinajstić information content (AvgIpc) is 3.15. The summed E-state index contributed by atoms with van der Waals surface area (Å²) in [6.45, 7) is 2.26. The van der Waals surface area contributed by atoms with Crippen molar-refractivity contribution in [2.24, 2.45) is 0 Å². The summed E-state index contributed by atoms with van der Waals surface area (Å²) < 4.78 is 0. The number of aromatic nitrogens is 1. The van der Waals surface area contributed by atoms with Crippen LogP contribution in [0.15, 0.2) is 91.1 Å². The van der Waals surface area contributed by atoms with Gasteiger partial charge in [-0.2, -0.15) is 0 Å². The molecule has 1 amide bonds. The van der Waals surface area contributed by atoms with Crippen molar-refractivity contribution in [2.75, 3.05) is 0 Å². The summed E-state index contributed by atoms with van der Waals surface area (Å²) in [5.41, 5.74) is 4.64. The Kier molecular flexibility index (Phi) is 5.24. The number of amides is 1. The molecule has 1 unspecified atom stereocenters. The van der Waals surface area contributed by atoms with E-state index in [2.05, 4.69) is 53.6 Å². The molecule has 0 saturated carbocycles. The highest BCUT2D eigenvalue weighted by Gasteiger charge is 2.24. The molecule has 140 valence electrons. The van der Waals surface area contributed by atoms with E-state index in [-0.39, 0.29) is 11.9 Å². The Balaban J connectivity index is 1.73. The van der Waals surface area contributed by atoms with Crippen LogP contribution in [0.5, 0.6) is 0 Å². The standard InChI is InChI=1S/C25H24N2O/c1-19(28)27(18-20-10-4-2-5-11-20)25(21-12-6-3-7-13-21)16-22-17-26-24-15-9-8-14-23(22)24/h2-15,17,25-26H,16,18H2,1H3. The van der Waals surface area contributed by atoms with Crippen molar-refractivity contribution in [1.29, 1.82) is 0 Å². The van der Waals surface area contributed by atoms with Crippen molar-refractivity contribution < 1.29 is 4.79 Å². The minimum atomic E-state index is -0.0295. The summed E-state index contributed by atoms with van der Waals surface area (Å²) in [6.07, 6.45) is 2.84. The number of para-hydroxylation sites is 1. The smallest absolute Gasteiger partial charge is 0.220 e. The number of carbonyl (C=O) groups excluding carboxylic acids is 1. The van der Waals surface area contributed by atoms with Crippen LogP contribution in [0.2, 0.25) is 0 Å². The zero-order valence-electron chi connectivity index (χ0n) is 16.0. The summed E-state index contributed by atoms with van der Waals surface area (Å²) in [4.78, 5) is 18.0. The van der Waals surface area contributed by atoms with Gasteiger partial charge in [-0.1, -0.05) is 78.9 Å². The second kappa shape index (κ2) is 8.13. The van der Waals surface area contributed by atoms with E-state index < -0.39 is 0 Å². The Morgan fingerprint density at radius 3 is 2.25 bits per heavy atom. The number of hydrogen-bond donors (Lipinski definition) is 1. The van der Waals surface area contributed by atoms with Gasteiger partial charge in [0.1, 0.15) is 0 Å². The summed E-state index contributed by atoms with van der Waals surface area (Å²) in [7, 11) is 0. The fraction of sp³-hybridized carbons (Fsp3) is 0.160. The van der Waals surface area contributed by atoms with Gasteiger partial charge in [-0.05, 0) is 29.2 Å². The van der Waals surface area contributed by atoms with Gasteiger partial charge >= 0.3 is 0 Å². The molecule has 1 heterocycles. The first-order valence-electron chi connectivity index (χ1n) is 9.63. The molecule has 0 aliphatic heterocycles. The van der Waals surface area contributed by atoms with Crippen LogP contribution in [-0.4, -0.2) is 15.8 Å². The van der Waals surface area contributed by atoms with Crippen molar-refractivity contribution in [2.45, 2.75) is 25.9 Å². The first kappa shape index (κ1) is 18.1. The van der Waals surface area contributed by atoms with E-state index in [9.17, 15) is 4.79 Å². The monoisotopic (exact) mass is 368 g/mol. The van der Waals surface area contributed by atoms with E-state index >= 15 is 0 Å². The SMILES string of the molecule is CC(=O)N(Cc1ccccc1)C(Cc1c[nH]c2ccccc12)c1ccccc1. The Labute approximate surface area is 165 Å². The maximum Gasteiger partial charge on any atom is 0.220 e. The molecule has 4 rings (SSSR count). The van der Waals surface area contributed by atoms with Crippen molar-refractivity contribution in [1.82, 2.24) is 9.88 Å². The molecule has 1 N–H and O–H groups in total. The van der Waals surface area contributed by atoms with Gasteiger partial charge in [-0.25, -0.2) is 0 Å². The summed E-state index contributed by atoms with van der Waals surface area (Å²) in [5.74, 6) is 0.0811. The summed E-state index contributed by atoms with van der Waals surface area (Å²) in [5, 5.41) is 1.21. The third-order valence-corrected chi connectivity index (χ3v) is 5.25. The Hall–Kier alpha value is -3.33. The summed E-state index contributed by atoms with van der Waals surface area (Å²) >= 11 is 0. The van der Waals surface area contributed by atoms with Crippen LogP contribution in [0.1, 0.15) is 29.7 Å². The largest absolute Gasteiger partial charge is 0.361 e. The zero-order valence-corrected chi connectivity index (χ0v) is 16.0. The minimum Gasteiger partial charge on any atom is -0.361 e. The lowest BCUT2D eigenvalue weighted by molar-refractivity contribution is -0.132. The van der Waals surface area contributed by atoms with Gasteiger partial charge in [0.2, 0.25) is 5.91 Å². The molecule has 0 aliphatic rings. The molecule has 0 radical (unpaired) electrons. The zero-order chi connectivity index (χ0) is 19.3. The number of H-pyrrole nitrogens is 1. The molecule has 3 aromatic carbocycles. The van der Waals surface area contributed by atoms with Crippen molar-refractivity contribution in [3.63, 3.8) is 0 Å². The van der Waals surface area contributed by atoms with Crippen LogP contribution < -0.4 is 0 Å². The maximum atomic E-state index is 12.7. The van der Waals surface area contributed by atoms with Crippen LogP contribution in [0, 0.1) is 0 Å². The highest BCUT2D eigenvalue weighted by Crippen LogP contribution is 2.30. The maximum absolute atomic E-state index is 12.7. The number of nitrogens with zero attached hydrogens (tertiary/aromatic N) is 1. The lowest BCUT2D eigenvalue weighted by Gasteiger charge is -2.32. The van der Waals surface area contributed by atoms with E-state index in [4.69, 9.17) is 0 Å². The second-order valence-corrected chi connectivity index (χ2v) is 7.12. The van der Waals surface area contributed by atoms with Crippen LogP contribution in [0.25, 0.3) is 10.9 Å². The Morgan fingerprint density at radius 2 is 1.54 bits per heavy atom. The molecular weight excluding hydrogens is 344 g/mol. The third kappa shape index (κ3) is 3.84. The highest BCUT2D eigenvalue weighted by atomic mass is 16.2. The Morgan fingerprint density at radius 1 is 0.893 bits per heavy atom. The topological polar surface area (TPSA) is 36.1 Å². The normalized spacial score (nSPS) is 12.0. The summed E-state index contributed by atoms with van der Waals surface area (Å²) in [6, 6.07) is 28.8. The lowest BCUT2D eigenvalue weighted by Crippen LogP contribution is -2.34. The average molecular weight is 368 g/mol. The molecule has 0 bridgehead atoms. The number of carbonyl (C=O) groups is 1.